The molecule has 6 heteroatoms. The topological polar surface area (TPSA) is 53.1 Å². The number of hydrogen-bond acceptors (Lipinski definition) is 4. The smallest absolute Gasteiger partial charge is 0.161 e. The van der Waals surface area contributed by atoms with Gasteiger partial charge in [-0.15, -0.1) is 11.8 Å². The lowest BCUT2D eigenvalue weighted by molar-refractivity contribution is 0.399. The van der Waals surface area contributed by atoms with Crippen LogP contribution in [0.2, 0.25) is 0 Å². The molecule has 2 rings (SSSR count). The quantitative estimate of drug-likeness (QED) is 0.781. The fraction of sp³-hybridized carbons (Fsp3) is 0.400. The summed E-state index contributed by atoms with van der Waals surface area (Å²) < 4.78 is 8.40. The lowest BCUT2D eigenvalue weighted by Crippen LogP contribution is -2.20. The summed E-state index contributed by atoms with van der Waals surface area (Å²) in [5.41, 5.74) is 7.32. The summed E-state index contributed by atoms with van der Waals surface area (Å²) in [6.45, 7) is 4.17. The van der Waals surface area contributed by atoms with E-state index in [0.29, 0.717) is 0 Å². The van der Waals surface area contributed by atoms with Crippen LogP contribution in [0.15, 0.2) is 39.8 Å². The highest BCUT2D eigenvalue weighted by Gasteiger charge is 2.20. The van der Waals surface area contributed by atoms with Crippen molar-refractivity contribution in [3.8, 4) is 5.75 Å². The number of ether oxygens (including phenoxy) is 1. The summed E-state index contributed by atoms with van der Waals surface area (Å²) in [6.07, 6.45) is 1.74. The monoisotopic (exact) mass is 369 g/mol. The van der Waals surface area contributed by atoms with E-state index in [1.54, 1.807) is 25.1 Å². The highest BCUT2D eigenvalue weighted by atomic mass is 79.9. The van der Waals surface area contributed by atoms with Gasteiger partial charge in [-0.25, -0.2) is 0 Å². The molecular formula is C15H20BrN3OS. The summed E-state index contributed by atoms with van der Waals surface area (Å²) in [5, 5.41) is 4.37. The van der Waals surface area contributed by atoms with Gasteiger partial charge >= 0.3 is 0 Å². The second kappa shape index (κ2) is 7.33. The molecule has 0 spiro atoms. The molecule has 0 aliphatic heterocycles. The zero-order valence-corrected chi connectivity index (χ0v) is 14.8. The lowest BCUT2D eigenvalue weighted by atomic mass is 10.2. The molecule has 0 bridgehead atoms. The van der Waals surface area contributed by atoms with Gasteiger partial charge in [0.1, 0.15) is 0 Å². The number of rotatable bonds is 6. The third-order valence-electron chi connectivity index (χ3n) is 3.08. The maximum Gasteiger partial charge on any atom is 0.161 e. The third kappa shape index (κ3) is 4.02. The maximum atomic E-state index is 6.37. The number of nitrogens with zero attached hydrogens (tertiary/aromatic N) is 2. The van der Waals surface area contributed by atoms with Crippen LogP contribution in [0, 0.1) is 0 Å². The molecule has 0 aliphatic rings. The van der Waals surface area contributed by atoms with Gasteiger partial charge in [0.05, 0.1) is 25.0 Å². The van der Waals surface area contributed by atoms with E-state index in [-0.39, 0.29) is 12.1 Å². The predicted molar refractivity (Wildman–Crippen MR) is 91.0 cm³/mol. The SMILES string of the molecule is COc1cnn(C(C)C)c1C(N)CSc1cccc(Br)c1. The van der Waals surface area contributed by atoms with Gasteiger partial charge < -0.3 is 10.5 Å². The number of benzene rings is 1. The average Bonchev–Trinajstić information content (AvgIpc) is 2.89. The molecule has 21 heavy (non-hydrogen) atoms. The van der Waals surface area contributed by atoms with Gasteiger partial charge in [-0.3, -0.25) is 4.68 Å². The Bertz CT molecular complexity index is 600. The number of methoxy groups -OCH3 is 1. The van der Waals surface area contributed by atoms with Crippen molar-refractivity contribution in [2.24, 2.45) is 5.73 Å². The Labute approximate surface area is 138 Å². The minimum Gasteiger partial charge on any atom is -0.493 e. The Balaban J connectivity index is 2.13. The van der Waals surface area contributed by atoms with Gasteiger partial charge in [0.25, 0.3) is 0 Å². The molecule has 0 amide bonds. The molecule has 2 aromatic rings. The number of hydrogen-bond donors (Lipinski definition) is 1. The molecular weight excluding hydrogens is 350 g/mol. The normalized spacial score (nSPS) is 12.7. The zero-order chi connectivity index (χ0) is 15.4. The first kappa shape index (κ1) is 16.4. The Morgan fingerprint density at radius 1 is 1.43 bits per heavy atom. The molecule has 2 N–H and O–H groups in total. The predicted octanol–water partition coefficient (Wildman–Crippen LogP) is 4.03. The standard InChI is InChI=1S/C15H20BrN3OS/c1-10(2)19-15(14(20-3)8-18-19)13(17)9-21-12-6-4-5-11(16)7-12/h4-8,10,13H,9,17H2,1-3H3. The van der Waals surface area contributed by atoms with Crippen LogP contribution in [-0.4, -0.2) is 22.6 Å². The lowest BCUT2D eigenvalue weighted by Gasteiger charge is -2.17. The van der Waals surface area contributed by atoms with Gasteiger partial charge in [0, 0.05) is 21.2 Å². The summed E-state index contributed by atoms with van der Waals surface area (Å²) in [5.74, 6) is 1.52. The van der Waals surface area contributed by atoms with Crippen LogP contribution in [0.25, 0.3) is 0 Å². The highest BCUT2D eigenvalue weighted by Crippen LogP contribution is 2.31. The van der Waals surface area contributed by atoms with Crippen molar-refractivity contribution in [1.82, 2.24) is 9.78 Å². The third-order valence-corrected chi connectivity index (χ3v) is 4.69. The molecule has 0 aliphatic carbocycles. The van der Waals surface area contributed by atoms with Gasteiger partial charge in [-0.05, 0) is 32.0 Å². The van der Waals surface area contributed by atoms with E-state index < -0.39 is 0 Å². The molecule has 1 unspecified atom stereocenters. The molecule has 1 atom stereocenters. The molecule has 114 valence electrons. The van der Waals surface area contributed by atoms with E-state index in [9.17, 15) is 0 Å². The van der Waals surface area contributed by atoms with Crippen LogP contribution in [0.5, 0.6) is 5.75 Å². The molecule has 4 nitrogen and oxygen atoms in total. The number of aromatic nitrogens is 2. The van der Waals surface area contributed by atoms with Crippen molar-refractivity contribution in [2.75, 3.05) is 12.9 Å². The van der Waals surface area contributed by atoms with Crippen molar-refractivity contribution in [3.63, 3.8) is 0 Å². The molecule has 1 aromatic carbocycles. The second-order valence-corrected chi connectivity index (χ2v) is 7.02. The Morgan fingerprint density at radius 3 is 2.81 bits per heavy atom. The maximum absolute atomic E-state index is 6.37. The fourth-order valence-electron chi connectivity index (χ4n) is 2.10. The van der Waals surface area contributed by atoms with Crippen LogP contribution in [0.4, 0.5) is 0 Å². The van der Waals surface area contributed by atoms with E-state index in [1.807, 2.05) is 16.8 Å². The summed E-state index contributed by atoms with van der Waals surface area (Å²) in [4.78, 5) is 1.19. The number of thioether (sulfide) groups is 1. The van der Waals surface area contributed by atoms with E-state index in [1.165, 1.54) is 4.90 Å². The molecule has 0 fully saturated rings. The van der Waals surface area contributed by atoms with Crippen molar-refractivity contribution < 1.29 is 4.74 Å². The van der Waals surface area contributed by atoms with Crippen LogP contribution < -0.4 is 10.5 Å². The minimum atomic E-state index is -0.131. The fourth-order valence-corrected chi connectivity index (χ4v) is 3.56. The zero-order valence-electron chi connectivity index (χ0n) is 12.4. The van der Waals surface area contributed by atoms with Gasteiger partial charge in [0.2, 0.25) is 0 Å². The Kier molecular flexibility index (Phi) is 5.72. The van der Waals surface area contributed by atoms with Crippen LogP contribution in [0.3, 0.4) is 0 Å². The first-order chi connectivity index (χ1) is 10.0. The Hall–Kier alpha value is -0.980. The van der Waals surface area contributed by atoms with Gasteiger partial charge in [-0.1, -0.05) is 22.0 Å². The number of halogens is 1. The highest BCUT2D eigenvalue weighted by molar-refractivity contribution is 9.10. The van der Waals surface area contributed by atoms with Gasteiger partial charge in [0.15, 0.2) is 5.75 Å². The Morgan fingerprint density at radius 2 is 2.19 bits per heavy atom. The number of nitrogens with two attached hydrogens (primary N) is 1. The van der Waals surface area contributed by atoms with Crippen molar-refractivity contribution in [1.29, 1.82) is 0 Å². The van der Waals surface area contributed by atoms with Crippen molar-refractivity contribution >= 4 is 27.7 Å². The van der Waals surface area contributed by atoms with Crippen LogP contribution >= 0.6 is 27.7 Å². The van der Waals surface area contributed by atoms with Crippen LogP contribution in [-0.2, 0) is 0 Å². The summed E-state index contributed by atoms with van der Waals surface area (Å²) in [6, 6.07) is 8.34. The second-order valence-electron chi connectivity index (χ2n) is 5.01. The first-order valence-electron chi connectivity index (χ1n) is 6.78. The van der Waals surface area contributed by atoms with E-state index in [2.05, 4.69) is 47.0 Å². The van der Waals surface area contributed by atoms with Crippen molar-refractivity contribution in [3.05, 3.63) is 40.6 Å². The minimum absolute atomic E-state index is 0.131. The van der Waals surface area contributed by atoms with Crippen molar-refractivity contribution in [2.45, 2.75) is 30.8 Å². The molecule has 0 saturated carbocycles. The average molecular weight is 370 g/mol. The van der Waals surface area contributed by atoms with E-state index >= 15 is 0 Å². The molecule has 1 heterocycles. The van der Waals surface area contributed by atoms with Crippen LogP contribution in [0.1, 0.15) is 31.6 Å². The summed E-state index contributed by atoms with van der Waals surface area (Å²) >= 11 is 5.21. The summed E-state index contributed by atoms with van der Waals surface area (Å²) in [7, 11) is 1.65. The first-order valence-corrected chi connectivity index (χ1v) is 8.56. The molecule has 1 aromatic heterocycles. The van der Waals surface area contributed by atoms with Gasteiger partial charge in [-0.2, -0.15) is 5.10 Å². The van der Waals surface area contributed by atoms with E-state index in [4.69, 9.17) is 10.5 Å². The molecule has 0 saturated heterocycles. The van der Waals surface area contributed by atoms with E-state index in [0.717, 1.165) is 21.7 Å². The largest absolute Gasteiger partial charge is 0.493 e. The molecule has 0 radical (unpaired) electrons.